The molecule has 0 saturated carbocycles. The standard InChI is InChI=1S/C10H9BrFN3S/c1-2-13-10-14-9(15-16-10)6-3-4-8(12)7(11)5-6/h3-5H,2H2,1H3,(H,13,14,15). The van der Waals surface area contributed by atoms with E-state index in [-0.39, 0.29) is 5.82 Å². The Morgan fingerprint density at radius 1 is 1.50 bits per heavy atom. The topological polar surface area (TPSA) is 37.8 Å². The normalized spacial score (nSPS) is 10.4. The molecular weight excluding hydrogens is 293 g/mol. The van der Waals surface area contributed by atoms with E-state index in [1.54, 1.807) is 12.1 Å². The maximum Gasteiger partial charge on any atom is 0.202 e. The fraction of sp³-hybridized carbons (Fsp3) is 0.200. The van der Waals surface area contributed by atoms with E-state index >= 15 is 0 Å². The molecule has 16 heavy (non-hydrogen) atoms. The van der Waals surface area contributed by atoms with Gasteiger partial charge in [0.15, 0.2) is 5.82 Å². The van der Waals surface area contributed by atoms with Gasteiger partial charge in [-0.25, -0.2) is 4.39 Å². The fourth-order valence-corrected chi connectivity index (χ4v) is 2.23. The average Bonchev–Trinajstić information content (AvgIpc) is 2.71. The highest BCUT2D eigenvalue weighted by Crippen LogP contribution is 2.25. The van der Waals surface area contributed by atoms with Crippen molar-refractivity contribution in [3.8, 4) is 11.4 Å². The van der Waals surface area contributed by atoms with E-state index in [2.05, 4.69) is 30.6 Å². The first-order chi connectivity index (χ1) is 7.70. The van der Waals surface area contributed by atoms with Crippen LogP contribution in [0.4, 0.5) is 9.52 Å². The Balaban J connectivity index is 2.31. The minimum atomic E-state index is -0.286. The lowest BCUT2D eigenvalue weighted by atomic mass is 10.2. The summed E-state index contributed by atoms with van der Waals surface area (Å²) in [6, 6.07) is 4.73. The lowest BCUT2D eigenvalue weighted by Gasteiger charge is -1.97. The number of benzene rings is 1. The molecule has 1 heterocycles. The Labute approximate surface area is 105 Å². The van der Waals surface area contributed by atoms with Crippen molar-refractivity contribution in [1.29, 1.82) is 0 Å². The van der Waals surface area contributed by atoms with Gasteiger partial charge in [-0.2, -0.15) is 9.36 Å². The van der Waals surface area contributed by atoms with Gasteiger partial charge in [0, 0.05) is 23.6 Å². The van der Waals surface area contributed by atoms with E-state index < -0.39 is 0 Å². The van der Waals surface area contributed by atoms with E-state index in [0.717, 1.165) is 17.2 Å². The van der Waals surface area contributed by atoms with Crippen LogP contribution in [0.1, 0.15) is 6.92 Å². The third-order valence-electron chi connectivity index (χ3n) is 1.93. The first-order valence-electron chi connectivity index (χ1n) is 4.73. The monoisotopic (exact) mass is 301 g/mol. The summed E-state index contributed by atoms with van der Waals surface area (Å²) >= 11 is 4.44. The number of aromatic nitrogens is 2. The predicted octanol–water partition coefficient (Wildman–Crippen LogP) is 3.54. The molecule has 0 aliphatic carbocycles. The van der Waals surface area contributed by atoms with Crippen molar-refractivity contribution < 1.29 is 4.39 Å². The highest BCUT2D eigenvalue weighted by molar-refractivity contribution is 9.10. The number of halogens is 2. The predicted molar refractivity (Wildman–Crippen MR) is 67.2 cm³/mol. The van der Waals surface area contributed by atoms with Gasteiger partial charge in [-0.05, 0) is 41.1 Å². The van der Waals surface area contributed by atoms with E-state index in [4.69, 9.17) is 0 Å². The van der Waals surface area contributed by atoms with Gasteiger partial charge in [-0.3, -0.25) is 0 Å². The van der Waals surface area contributed by atoms with Crippen molar-refractivity contribution >= 4 is 32.6 Å². The zero-order chi connectivity index (χ0) is 11.5. The maximum absolute atomic E-state index is 13.0. The molecule has 0 amide bonds. The summed E-state index contributed by atoms with van der Waals surface area (Å²) in [5.74, 6) is 0.326. The Hall–Kier alpha value is -1.01. The Kier molecular flexibility index (Phi) is 3.50. The minimum Gasteiger partial charge on any atom is -0.361 e. The number of hydrogen-bond acceptors (Lipinski definition) is 4. The van der Waals surface area contributed by atoms with Crippen molar-refractivity contribution in [2.75, 3.05) is 11.9 Å². The van der Waals surface area contributed by atoms with Crippen LogP contribution >= 0.6 is 27.5 Å². The zero-order valence-corrected chi connectivity index (χ0v) is 10.9. The number of rotatable bonds is 3. The van der Waals surface area contributed by atoms with E-state index in [1.165, 1.54) is 17.6 Å². The maximum atomic E-state index is 13.0. The Bertz CT molecular complexity index is 501. The fourth-order valence-electron chi connectivity index (χ4n) is 1.20. The van der Waals surface area contributed by atoms with Gasteiger partial charge in [0.2, 0.25) is 5.13 Å². The quantitative estimate of drug-likeness (QED) is 0.942. The molecule has 1 N–H and O–H groups in total. The van der Waals surface area contributed by atoms with Crippen molar-refractivity contribution in [3.05, 3.63) is 28.5 Å². The van der Waals surface area contributed by atoms with Gasteiger partial charge >= 0.3 is 0 Å². The van der Waals surface area contributed by atoms with Crippen molar-refractivity contribution in [3.63, 3.8) is 0 Å². The third-order valence-corrected chi connectivity index (χ3v) is 3.21. The van der Waals surface area contributed by atoms with Crippen LogP contribution in [0.2, 0.25) is 0 Å². The third kappa shape index (κ3) is 2.38. The van der Waals surface area contributed by atoms with Crippen LogP contribution in [0.25, 0.3) is 11.4 Å². The SMILES string of the molecule is CCNc1nc(-c2ccc(F)c(Br)c2)ns1. The highest BCUT2D eigenvalue weighted by Gasteiger charge is 2.08. The van der Waals surface area contributed by atoms with Crippen LogP contribution in [-0.4, -0.2) is 15.9 Å². The van der Waals surface area contributed by atoms with Crippen molar-refractivity contribution in [1.82, 2.24) is 9.36 Å². The number of nitrogens with zero attached hydrogens (tertiary/aromatic N) is 2. The summed E-state index contributed by atoms with van der Waals surface area (Å²) < 4.78 is 17.7. The van der Waals surface area contributed by atoms with Crippen molar-refractivity contribution in [2.24, 2.45) is 0 Å². The number of hydrogen-bond donors (Lipinski definition) is 1. The van der Waals surface area contributed by atoms with Crippen LogP contribution in [0.3, 0.4) is 0 Å². The van der Waals surface area contributed by atoms with E-state index in [1.807, 2.05) is 6.92 Å². The van der Waals surface area contributed by atoms with Crippen LogP contribution in [0.5, 0.6) is 0 Å². The molecule has 1 aromatic heterocycles. The molecule has 0 spiro atoms. The van der Waals surface area contributed by atoms with Crippen molar-refractivity contribution in [2.45, 2.75) is 6.92 Å². The Morgan fingerprint density at radius 3 is 3.00 bits per heavy atom. The van der Waals surface area contributed by atoms with Gasteiger partial charge in [-0.1, -0.05) is 0 Å². The minimum absolute atomic E-state index is 0.286. The second-order valence-corrected chi connectivity index (χ2v) is 4.69. The van der Waals surface area contributed by atoms with Gasteiger partial charge in [0.25, 0.3) is 0 Å². The molecule has 1 aromatic carbocycles. The molecule has 0 unspecified atom stereocenters. The molecule has 0 aliphatic heterocycles. The molecule has 84 valence electrons. The van der Waals surface area contributed by atoms with Gasteiger partial charge < -0.3 is 5.32 Å². The summed E-state index contributed by atoms with van der Waals surface area (Å²) in [5.41, 5.74) is 0.800. The summed E-state index contributed by atoms with van der Waals surface area (Å²) in [5, 5.41) is 3.86. The number of nitrogens with one attached hydrogen (secondary N) is 1. The molecule has 6 heteroatoms. The lowest BCUT2D eigenvalue weighted by Crippen LogP contribution is -1.95. The van der Waals surface area contributed by atoms with Crippen LogP contribution in [0.15, 0.2) is 22.7 Å². The molecule has 2 rings (SSSR count). The molecule has 0 atom stereocenters. The molecule has 0 radical (unpaired) electrons. The first-order valence-corrected chi connectivity index (χ1v) is 6.30. The first kappa shape index (κ1) is 11.5. The molecule has 0 fully saturated rings. The largest absolute Gasteiger partial charge is 0.361 e. The average molecular weight is 302 g/mol. The molecule has 0 bridgehead atoms. The van der Waals surface area contributed by atoms with Crippen LogP contribution in [-0.2, 0) is 0 Å². The van der Waals surface area contributed by atoms with E-state index in [9.17, 15) is 4.39 Å². The van der Waals surface area contributed by atoms with Crippen LogP contribution < -0.4 is 5.32 Å². The Morgan fingerprint density at radius 2 is 2.31 bits per heavy atom. The van der Waals surface area contributed by atoms with E-state index in [0.29, 0.717) is 10.3 Å². The van der Waals surface area contributed by atoms with Crippen LogP contribution in [0, 0.1) is 5.82 Å². The molecule has 0 saturated heterocycles. The molecular formula is C10H9BrFN3S. The second-order valence-electron chi connectivity index (χ2n) is 3.08. The lowest BCUT2D eigenvalue weighted by molar-refractivity contribution is 0.621. The molecule has 2 aromatic rings. The molecule has 3 nitrogen and oxygen atoms in total. The summed E-state index contributed by atoms with van der Waals surface area (Å²) in [6.45, 7) is 2.80. The number of anilines is 1. The summed E-state index contributed by atoms with van der Waals surface area (Å²) in [7, 11) is 0. The summed E-state index contributed by atoms with van der Waals surface area (Å²) in [6.07, 6.45) is 0. The zero-order valence-electron chi connectivity index (χ0n) is 8.50. The smallest absolute Gasteiger partial charge is 0.202 e. The molecule has 0 aliphatic rings. The van der Waals surface area contributed by atoms with Gasteiger partial charge in [0.05, 0.1) is 4.47 Å². The van der Waals surface area contributed by atoms with Gasteiger partial charge in [-0.15, -0.1) is 0 Å². The van der Waals surface area contributed by atoms with Gasteiger partial charge in [0.1, 0.15) is 5.82 Å². The highest BCUT2D eigenvalue weighted by atomic mass is 79.9. The second kappa shape index (κ2) is 4.88. The summed E-state index contributed by atoms with van der Waals surface area (Å²) in [4.78, 5) is 4.29.